The Kier molecular flexibility index (Phi) is 4.89. The predicted molar refractivity (Wildman–Crippen MR) is 84.8 cm³/mol. The van der Waals surface area contributed by atoms with Crippen molar-refractivity contribution >= 4 is 17.4 Å². The van der Waals surface area contributed by atoms with E-state index in [1.165, 1.54) is 4.57 Å². The fourth-order valence-corrected chi connectivity index (χ4v) is 2.81. The first-order chi connectivity index (χ1) is 10.5. The van der Waals surface area contributed by atoms with Crippen molar-refractivity contribution in [2.75, 3.05) is 23.7 Å². The largest absolute Gasteiger partial charge is 0.383 e. The molecule has 0 radical (unpaired) electrons. The second-order valence-electron chi connectivity index (χ2n) is 5.66. The highest BCUT2D eigenvalue weighted by atomic mass is 16.2. The quantitative estimate of drug-likeness (QED) is 0.683. The maximum Gasteiger partial charge on any atom is 0.330 e. The molecule has 0 spiro atoms. The maximum atomic E-state index is 12.1. The monoisotopic (exact) mass is 309 g/mol. The zero-order valence-corrected chi connectivity index (χ0v) is 12.8. The number of aromatic amines is 1. The normalized spacial score (nSPS) is 16.0. The van der Waals surface area contributed by atoms with Crippen molar-refractivity contribution in [3.8, 4) is 0 Å². The number of carbonyl (C=O) groups excluding carboxylic acids is 1. The lowest BCUT2D eigenvalue weighted by Gasteiger charge is -2.32. The van der Waals surface area contributed by atoms with Gasteiger partial charge in [-0.1, -0.05) is 13.3 Å². The molecule has 122 valence electrons. The van der Waals surface area contributed by atoms with Gasteiger partial charge in [0.05, 0.1) is 0 Å². The van der Waals surface area contributed by atoms with Crippen molar-refractivity contribution in [1.82, 2.24) is 9.55 Å². The number of hydrogen-bond acceptors (Lipinski definition) is 5. The van der Waals surface area contributed by atoms with E-state index in [-0.39, 0.29) is 17.6 Å². The standard InChI is InChI=1S/C14H23N5O3/c1-2-3-6-19-11(15)10(13(21)17-14(19)22)18-7-4-9(5-8-18)12(16)20/h9H,2-8,15H2,1H3,(H2,16,20)(H,17,21,22). The summed E-state index contributed by atoms with van der Waals surface area (Å²) in [6.07, 6.45) is 2.90. The number of rotatable bonds is 5. The molecule has 5 N–H and O–H groups in total. The molecule has 1 aromatic heterocycles. The summed E-state index contributed by atoms with van der Waals surface area (Å²) in [6.45, 7) is 3.53. The molecule has 2 heterocycles. The molecule has 1 aromatic rings. The van der Waals surface area contributed by atoms with Crippen LogP contribution in [0.4, 0.5) is 11.5 Å². The third-order valence-electron chi connectivity index (χ3n) is 4.16. The number of anilines is 2. The van der Waals surface area contributed by atoms with Crippen LogP contribution in [0.15, 0.2) is 9.59 Å². The highest BCUT2D eigenvalue weighted by Gasteiger charge is 2.26. The first-order valence-corrected chi connectivity index (χ1v) is 7.62. The number of unbranched alkanes of at least 4 members (excludes halogenated alkanes) is 1. The Balaban J connectivity index is 2.30. The van der Waals surface area contributed by atoms with E-state index in [9.17, 15) is 14.4 Å². The summed E-state index contributed by atoms with van der Waals surface area (Å²) in [6, 6.07) is 0. The van der Waals surface area contributed by atoms with Crippen LogP contribution in [-0.2, 0) is 11.3 Å². The van der Waals surface area contributed by atoms with Crippen molar-refractivity contribution in [2.45, 2.75) is 39.2 Å². The van der Waals surface area contributed by atoms with Crippen molar-refractivity contribution in [3.05, 3.63) is 20.8 Å². The fraction of sp³-hybridized carbons (Fsp3) is 0.643. The number of nitrogens with zero attached hydrogens (tertiary/aromatic N) is 2. The smallest absolute Gasteiger partial charge is 0.330 e. The highest BCUT2D eigenvalue weighted by Crippen LogP contribution is 2.24. The predicted octanol–water partition coefficient (Wildman–Crippen LogP) is -0.379. The minimum atomic E-state index is -0.480. The molecule has 0 atom stereocenters. The summed E-state index contributed by atoms with van der Waals surface area (Å²) in [4.78, 5) is 39.4. The van der Waals surface area contributed by atoms with Gasteiger partial charge in [0.2, 0.25) is 5.91 Å². The van der Waals surface area contributed by atoms with Gasteiger partial charge in [0, 0.05) is 25.6 Å². The number of nitrogens with two attached hydrogens (primary N) is 2. The van der Waals surface area contributed by atoms with Crippen LogP contribution in [0.1, 0.15) is 32.6 Å². The molecule has 1 fully saturated rings. The van der Waals surface area contributed by atoms with Crippen LogP contribution in [-0.4, -0.2) is 28.5 Å². The zero-order valence-electron chi connectivity index (χ0n) is 12.8. The van der Waals surface area contributed by atoms with Crippen molar-refractivity contribution in [1.29, 1.82) is 0 Å². The van der Waals surface area contributed by atoms with Gasteiger partial charge in [-0.2, -0.15) is 0 Å². The second-order valence-corrected chi connectivity index (χ2v) is 5.66. The molecule has 8 nitrogen and oxygen atoms in total. The van der Waals surface area contributed by atoms with Crippen molar-refractivity contribution in [2.24, 2.45) is 11.7 Å². The van der Waals surface area contributed by atoms with Crippen LogP contribution in [0.25, 0.3) is 0 Å². The molecule has 1 amide bonds. The fourth-order valence-electron chi connectivity index (χ4n) is 2.81. The van der Waals surface area contributed by atoms with E-state index in [1.54, 1.807) is 0 Å². The van der Waals surface area contributed by atoms with Gasteiger partial charge in [-0.05, 0) is 19.3 Å². The summed E-state index contributed by atoms with van der Waals surface area (Å²) in [5.41, 5.74) is 10.7. The lowest BCUT2D eigenvalue weighted by Crippen LogP contribution is -2.43. The average molecular weight is 309 g/mol. The van der Waals surface area contributed by atoms with Crippen molar-refractivity contribution in [3.63, 3.8) is 0 Å². The number of amides is 1. The molecule has 1 saturated heterocycles. The van der Waals surface area contributed by atoms with Crippen LogP contribution in [0, 0.1) is 5.92 Å². The van der Waals surface area contributed by atoms with Gasteiger partial charge in [0.1, 0.15) is 11.5 Å². The molecule has 0 bridgehead atoms. The molecule has 8 heteroatoms. The van der Waals surface area contributed by atoms with E-state index in [0.717, 1.165) is 12.8 Å². The van der Waals surface area contributed by atoms with Gasteiger partial charge >= 0.3 is 5.69 Å². The number of nitrogens with one attached hydrogen (secondary N) is 1. The van der Waals surface area contributed by atoms with Gasteiger partial charge in [-0.3, -0.25) is 19.1 Å². The summed E-state index contributed by atoms with van der Waals surface area (Å²) in [5.74, 6) is -0.281. The maximum absolute atomic E-state index is 12.1. The number of aromatic nitrogens is 2. The Labute approximate surface area is 128 Å². The van der Waals surface area contributed by atoms with E-state index in [0.29, 0.717) is 38.2 Å². The van der Waals surface area contributed by atoms with Crippen LogP contribution in [0.3, 0.4) is 0 Å². The van der Waals surface area contributed by atoms with E-state index >= 15 is 0 Å². The molecular formula is C14H23N5O3. The Morgan fingerprint density at radius 2 is 1.95 bits per heavy atom. The summed E-state index contributed by atoms with van der Waals surface area (Å²) in [5, 5.41) is 0. The first kappa shape index (κ1) is 16.1. The van der Waals surface area contributed by atoms with E-state index in [4.69, 9.17) is 11.5 Å². The first-order valence-electron chi connectivity index (χ1n) is 7.62. The molecular weight excluding hydrogens is 286 g/mol. The van der Waals surface area contributed by atoms with Gasteiger partial charge in [-0.25, -0.2) is 4.79 Å². The van der Waals surface area contributed by atoms with Crippen LogP contribution < -0.4 is 27.6 Å². The Morgan fingerprint density at radius 1 is 1.32 bits per heavy atom. The number of H-pyrrole nitrogens is 1. The van der Waals surface area contributed by atoms with Crippen LogP contribution in [0.2, 0.25) is 0 Å². The third-order valence-corrected chi connectivity index (χ3v) is 4.16. The Morgan fingerprint density at radius 3 is 2.50 bits per heavy atom. The van der Waals surface area contributed by atoms with Crippen LogP contribution >= 0.6 is 0 Å². The lowest BCUT2D eigenvalue weighted by atomic mass is 9.96. The number of piperidine rings is 1. The molecule has 2 rings (SSSR count). The van der Waals surface area contributed by atoms with Gasteiger partial charge < -0.3 is 16.4 Å². The summed E-state index contributed by atoms with van der Waals surface area (Å²) < 4.78 is 1.40. The summed E-state index contributed by atoms with van der Waals surface area (Å²) >= 11 is 0. The van der Waals surface area contributed by atoms with Gasteiger partial charge in [0.15, 0.2) is 0 Å². The molecule has 1 aliphatic heterocycles. The number of primary amides is 1. The number of hydrogen-bond donors (Lipinski definition) is 3. The highest BCUT2D eigenvalue weighted by molar-refractivity contribution is 5.77. The third kappa shape index (κ3) is 3.15. The average Bonchev–Trinajstić information content (AvgIpc) is 2.47. The minimum Gasteiger partial charge on any atom is -0.383 e. The van der Waals surface area contributed by atoms with E-state index < -0.39 is 11.2 Å². The molecule has 0 aliphatic carbocycles. The topological polar surface area (TPSA) is 127 Å². The number of nitrogen functional groups attached to an aromatic ring is 1. The number of carbonyl (C=O) groups is 1. The minimum absolute atomic E-state index is 0.164. The van der Waals surface area contributed by atoms with Gasteiger partial charge in [0.25, 0.3) is 5.56 Å². The Hall–Kier alpha value is -2.25. The molecule has 0 unspecified atom stereocenters. The SMILES string of the molecule is CCCCn1c(N)c(N2CCC(C(N)=O)CC2)c(=O)[nH]c1=O. The Bertz CT molecular complexity index is 655. The zero-order chi connectivity index (χ0) is 16.3. The summed E-state index contributed by atoms with van der Waals surface area (Å²) in [7, 11) is 0. The molecule has 1 aliphatic rings. The van der Waals surface area contributed by atoms with Crippen molar-refractivity contribution < 1.29 is 4.79 Å². The molecule has 0 saturated carbocycles. The molecule has 22 heavy (non-hydrogen) atoms. The van der Waals surface area contributed by atoms with Crippen LogP contribution in [0.5, 0.6) is 0 Å². The van der Waals surface area contributed by atoms with Gasteiger partial charge in [-0.15, -0.1) is 0 Å². The second kappa shape index (κ2) is 6.67. The lowest BCUT2D eigenvalue weighted by molar-refractivity contribution is -0.122. The van der Waals surface area contributed by atoms with E-state index in [2.05, 4.69) is 4.98 Å². The molecule has 0 aromatic carbocycles. The van der Waals surface area contributed by atoms with E-state index in [1.807, 2.05) is 11.8 Å².